The van der Waals surface area contributed by atoms with Crippen molar-refractivity contribution < 1.29 is 9.84 Å². The van der Waals surface area contributed by atoms with Crippen LogP contribution >= 0.6 is 0 Å². The fourth-order valence-corrected chi connectivity index (χ4v) is 2.53. The molecule has 1 fully saturated rings. The highest BCUT2D eigenvalue weighted by atomic mass is 16.5. The fourth-order valence-electron chi connectivity index (χ4n) is 2.53. The lowest BCUT2D eigenvalue weighted by atomic mass is 9.99. The molecule has 0 spiro atoms. The molecule has 1 aliphatic rings. The number of aliphatic hydroxyl groups is 1. The number of anilines is 2. The molecule has 6 nitrogen and oxygen atoms in total. The van der Waals surface area contributed by atoms with Crippen LogP contribution in [-0.4, -0.2) is 41.4 Å². The van der Waals surface area contributed by atoms with Gasteiger partial charge < -0.3 is 20.5 Å². The summed E-state index contributed by atoms with van der Waals surface area (Å²) >= 11 is 0. The van der Waals surface area contributed by atoms with Crippen LogP contribution in [0.15, 0.2) is 6.07 Å². The quantitative estimate of drug-likeness (QED) is 0.722. The number of rotatable bonds is 6. The predicted octanol–water partition coefficient (Wildman–Crippen LogP) is 1.38. The van der Waals surface area contributed by atoms with E-state index in [0.717, 1.165) is 37.3 Å². The summed E-state index contributed by atoms with van der Waals surface area (Å²) in [5.41, 5.74) is -0.232. The number of methoxy groups -OCH3 is 1. The van der Waals surface area contributed by atoms with Gasteiger partial charge in [-0.25, -0.2) is 9.97 Å². The first-order valence-corrected chi connectivity index (χ1v) is 6.65. The average Bonchev–Trinajstić information content (AvgIpc) is 2.88. The highest BCUT2D eigenvalue weighted by molar-refractivity contribution is 5.49. The van der Waals surface area contributed by atoms with Crippen molar-refractivity contribution in [1.29, 1.82) is 0 Å². The van der Waals surface area contributed by atoms with Crippen LogP contribution in [-0.2, 0) is 11.3 Å². The van der Waals surface area contributed by atoms with Crippen molar-refractivity contribution in [3.05, 3.63) is 11.9 Å². The Morgan fingerprint density at radius 3 is 2.58 bits per heavy atom. The minimum absolute atomic E-state index is 0.130. The Morgan fingerprint density at radius 1 is 1.32 bits per heavy atom. The molecule has 0 atom stereocenters. The van der Waals surface area contributed by atoms with Crippen molar-refractivity contribution in [1.82, 2.24) is 9.97 Å². The van der Waals surface area contributed by atoms with Gasteiger partial charge in [-0.3, -0.25) is 0 Å². The van der Waals surface area contributed by atoms with Gasteiger partial charge in [-0.15, -0.1) is 0 Å². The Balaban J connectivity index is 2.20. The third-order valence-electron chi connectivity index (χ3n) is 3.56. The summed E-state index contributed by atoms with van der Waals surface area (Å²) in [7, 11) is 3.44. The molecule has 0 aromatic carbocycles. The predicted molar refractivity (Wildman–Crippen MR) is 74.2 cm³/mol. The normalized spacial score (nSPS) is 17.4. The summed E-state index contributed by atoms with van der Waals surface area (Å²) in [5.74, 6) is 2.11. The van der Waals surface area contributed by atoms with Crippen LogP contribution in [0.5, 0.6) is 0 Å². The molecule has 1 saturated carbocycles. The molecule has 0 radical (unpaired) electrons. The van der Waals surface area contributed by atoms with Gasteiger partial charge in [0, 0.05) is 20.2 Å². The van der Waals surface area contributed by atoms with Gasteiger partial charge in [0.1, 0.15) is 18.2 Å². The second-order valence-electron chi connectivity index (χ2n) is 5.01. The van der Waals surface area contributed by atoms with Gasteiger partial charge in [-0.1, -0.05) is 12.8 Å². The van der Waals surface area contributed by atoms with E-state index in [1.54, 1.807) is 7.11 Å². The Hall–Kier alpha value is -1.40. The van der Waals surface area contributed by atoms with E-state index in [2.05, 4.69) is 20.6 Å². The van der Waals surface area contributed by atoms with E-state index < -0.39 is 0 Å². The van der Waals surface area contributed by atoms with Gasteiger partial charge in [0.05, 0.1) is 12.1 Å². The first-order chi connectivity index (χ1) is 9.21. The SMILES string of the molecule is CNc1cc(NC2(CO)CCCC2)nc(COC)n1. The zero-order valence-electron chi connectivity index (χ0n) is 11.6. The van der Waals surface area contributed by atoms with Crippen molar-refractivity contribution in [2.24, 2.45) is 0 Å². The molecule has 0 amide bonds. The molecule has 1 aromatic heterocycles. The molecule has 1 aromatic rings. The number of aromatic nitrogens is 2. The summed E-state index contributed by atoms with van der Waals surface area (Å²) in [6, 6.07) is 1.86. The van der Waals surface area contributed by atoms with E-state index in [9.17, 15) is 5.11 Å². The number of hydrogen-bond donors (Lipinski definition) is 3. The molecule has 1 heterocycles. The van der Waals surface area contributed by atoms with Gasteiger partial charge in [0.15, 0.2) is 5.82 Å². The number of ether oxygens (including phenoxy) is 1. The number of hydrogen-bond acceptors (Lipinski definition) is 6. The van der Waals surface area contributed by atoms with Crippen LogP contribution in [0, 0.1) is 0 Å². The van der Waals surface area contributed by atoms with Crippen LogP contribution in [0.1, 0.15) is 31.5 Å². The second-order valence-corrected chi connectivity index (χ2v) is 5.01. The molecular weight excluding hydrogens is 244 g/mol. The van der Waals surface area contributed by atoms with Crippen molar-refractivity contribution in [2.75, 3.05) is 31.4 Å². The van der Waals surface area contributed by atoms with Crippen LogP contribution in [0.4, 0.5) is 11.6 Å². The topological polar surface area (TPSA) is 79.3 Å². The summed E-state index contributed by atoms with van der Waals surface area (Å²) in [6.07, 6.45) is 4.23. The maximum Gasteiger partial charge on any atom is 0.158 e. The van der Waals surface area contributed by atoms with Crippen molar-refractivity contribution in [3.8, 4) is 0 Å². The Morgan fingerprint density at radius 2 is 2.00 bits per heavy atom. The lowest BCUT2D eigenvalue weighted by Crippen LogP contribution is -2.39. The molecule has 19 heavy (non-hydrogen) atoms. The highest BCUT2D eigenvalue weighted by Crippen LogP contribution is 2.32. The third-order valence-corrected chi connectivity index (χ3v) is 3.56. The van der Waals surface area contributed by atoms with Crippen molar-refractivity contribution in [2.45, 2.75) is 37.8 Å². The van der Waals surface area contributed by atoms with E-state index in [-0.39, 0.29) is 12.1 Å². The molecule has 0 aliphatic heterocycles. The summed E-state index contributed by atoms with van der Waals surface area (Å²) < 4.78 is 5.07. The van der Waals surface area contributed by atoms with E-state index in [0.29, 0.717) is 12.4 Å². The third kappa shape index (κ3) is 3.33. The molecular formula is C13H22N4O2. The van der Waals surface area contributed by atoms with Crippen LogP contribution in [0.3, 0.4) is 0 Å². The monoisotopic (exact) mass is 266 g/mol. The van der Waals surface area contributed by atoms with E-state index >= 15 is 0 Å². The molecule has 3 N–H and O–H groups in total. The fraction of sp³-hybridized carbons (Fsp3) is 0.692. The minimum Gasteiger partial charge on any atom is -0.394 e. The zero-order chi connectivity index (χ0) is 13.7. The molecule has 1 aliphatic carbocycles. The van der Waals surface area contributed by atoms with Gasteiger partial charge in [0.25, 0.3) is 0 Å². The minimum atomic E-state index is -0.232. The maximum atomic E-state index is 9.63. The van der Waals surface area contributed by atoms with Crippen LogP contribution < -0.4 is 10.6 Å². The zero-order valence-corrected chi connectivity index (χ0v) is 11.6. The highest BCUT2D eigenvalue weighted by Gasteiger charge is 2.33. The first-order valence-electron chi connectivity index (χ1n) is 6.65. The standard InChI is InChI=1S/C13H22N4O2/c1-14-10-7-11(16-12(15-10)8-19-2)17-13(9-18)5-3-4-6-13/h7,18H,3-6,8-9H2,1-2H3,(H2,14,15,16,17). The number of nitrogens with zero attached hydrogens (tertiary/aromatic N) is 2. The smallest absolute Gasteiger partial charge is 0.158 e. The molecule has 2 rings (SSSR count). The Kier molecular flexibility index (Phi) is 4.55. The lowest BCUT2D eigenvalue weighted by Gasteiger charge is -2.28. The first kappa shape index (κ1) is 14.0. The van der Waals surface area contributed by atoms with Crippen molar-refractivity contribution >= 4 is 11.6 Å². The molecule has 106 valence electrons. The van der Waals surface area contributed by atoms with Crippen LogP contribution in [0.2, 0.25) is 0 Å². The van der Waals surface area contributed by atoms with E-state index in [4.69, 9.17) is 4.74 Å². The summed E-state index contributed by atoms with van der Waals surface area (Å²) in [4.78, 5) is 8.74. The number of aliphatic hydroxyl groups excluding tert-OH is 1. The molecule has 6 heteroatoms. The van der Waals surface area contributed by atoms with Gasteiger partial charge >= 0.3 is 0 Å². The van der Waals surface area contributed by atoms with Crippen LogP contribution in [0.25, 0.3) is 0 Å². The largest absolute Gasteiger partial charge is 0.394 e. The van der Waals surface area contributed by atoms with Gasteiger partial charge in [-0.2, -0.15) is 0 Å². The van der Waals surface area contributed by atoms with Gasteiger partial charge in [0.2, 0.25) is 0 Å². The molecule has 0 saturated heterocycles. The maximum absolute atomic E-state index is 9.63. The second kappa shape index (κ2) is 6.16. The summed E-state index contributed by atoms with van der Waals surface area (Å²) in [6.45, 7) is 0.502. The molecule has 0 bridgehead atoms. The lowest BCUT2D eigenvalue weighted by molar-refractivity contribution is 0.178. The summed E-state index contributed by atoms with van der Waals surface area (Å²) in [5, 5.41) is 16.0. The van der Waals surface area contributed by atoms with Gasteiger partial charge in [-0.05, 0) is 12.8 Å². The Labute approximate surface area is 113 Å². The number of nitrogens with one attached hydrogen (secondary N) is 2. The average molecular weight is 266 g/mol. The van der Waals surface area contributed by atoms with E-state index in [1.165, 1.54) is 0 Å². The Bertz CT molecular complexity index is 419. The molecule has 0 unspecified atom stereocenters. The van der Waals surface area contributed by atoms with Crippen molar-refractivity contribution in [3.63, 3.8) is 0 Å². The van der Waals surface area contributed by atoms with E-state index in [1.807, 2.05) is 13.1 Å².